The van der Waals surface area contributed by atoms with E-state index >= 15 is 0 Å². The molecule has 1 N–H and O–H groups in total. The molecule has 0 aliphatic rings. The number of fused-ring (bicyclic) bond motifs is 1. The second-order valence-electron chi connectivity index (χ2n) is 5.69. The number of carbonyl (C=O) groups is 1. The molecule has 0 unspecified atom stereocenters. The van der Waals surface area contributed by atoms with Crippen molar-refractivity contribution < 1.29 is 9.53 Å². The van der Waals surface area contributed by atoms with Crippen LogP contribution in [0.25, 0.3) is 10.9 Å². The van der Waals surface area contributed by atoms with Gasteiger partial charge in [-0.15, -0.1) is 0 Å². The molecule has 0 radical (unpaired) electrons. The summed E-state index contributed by atoms with van der Waals surface area (Å²) in [5.74, 6) is 0.651. The Kier molecular flexibility index (Phi) is 4.79. The summed E-state index contributed by atoms with van der Waals surface area (Å²) in [6.07, 6.45) is 3.97. The number of nitrogens with zero attached hydrogens (tertiary/aromatic N) is 2. The van der Waals surface area contributed by atoms with E-state index in [4.69, 9.17) is 4.74 Å². The van der Waals surface area contributed by atoms with Crippen LogP contribution in [-0.4, -0.2) is 34.4 Å². The molecule has 0 saturated heterocycles. The van der Waals surface area contributed by atoms with Crippen molar-refractivity contribution in [1.29, 1.82) is 0 Å². The van der Waals surface area contributed by atoms with Crippen LogP contribution in [0.3, 0.4) is 0 Å². The van der Waals surface area contributed by atoms with Gasteiger partial charge in [-0.05, 0) is 24.6 Å². The van der Waals surface area contributed by atoms with Crippen molar-refractivity contribution in [3.63, 3.8) is 0 Å². The maximum absolute atomic E-state index is 12.6. The summed E-state index contributed by atoms with van der Waals surface area (Å²) in [4.78, 5) is 21.7. The van der Waals surface area contributed by atoms with Gasteiger partial charge in [0, 0.05) is 35.9 Å². The number of hydrogen-bond donors (Lipinski definition) is 1. The van der Waals surface area contributed by atoms with Gasteiger partial charge in [0.15, 0.2) is 0 Å². The fraction of sp³-hybridized carbons (Fsp3) is 0.263. The first-order valence-electron chi connectivity index (χ1n) is 8.04. The van der Waals surface area contributed by atoms with Crippen LogP contribution in [0.5, 0.6) is 5.88 Å². The van der Waals surface area contributed by atoms with E-state index < -0.39 is 0 Å². The lowest BCUT2D eigenvalue weighted by Crippen LogP contribution is -2.28. The van der Waals surface area contributed by atoms with Crippen molar-refractivity contribution in [2.45, 2.75) is 19.9 Å². The quantitative estimate of drug-likeness (QED) is 0.758. The van der Waals surface area contributed by atoms with E-state index in [9.17, 15) is 4.79 Å². The largest absolute Gasteiger partial charge is 0.478 e. The molecule has 124 valence electrons. The molecule has 1 amide bonds. The van der Waals surface area contributed by atoms with E-state index in [-0.39, 0.29) is 5.91 Å². The van der Waals surface area contributed by atoms with Crippen molar-refractivity contribution in [2.24, 2.45) is 0 Å². The lowest BCUT2D eigenvalue weighted by atomic mass is 10.1. The van der Waals surface area contributed by atoms with Gasteiger partial charge in [0.25, 0.3) is 0 Å². The van der Waals surface area contributed by atoms with Crippen LogP contribution in [0.2, 0.25) is 0 Å². The number of aromatic nitrogens is 2. The first-order chi connectivity index (χ1) is 11.7. The summed E-state index contributed by atoms with van der Waals surface area (Å²) < 4.78 is 5.53. The molecular weight excluding hydrogens is 302 g/mol. The number of benzene rings is 1. The molecule has 2 heterocycles. The molecule has 0 aliphatic heterocycles. The van der Waals surface area contributed by atoms with E-state index in [1.54, 1.807) is 18.1 Å². The lowest BCUT2D eigenvalue weighted by molar-refractivity contribution is -0.129. The Morgan fingerprint density at radius 3 is 2.88 bits per heavy atom. The van der Waals surface area contributed by atoms with Crippen molar-refractivity contribution in [3.8, 4) is 5.88 Å². The number of carbonyl (C=O) groups excluding carboxylic acids is 1. The standard InChI is InChI=1S/C19H21N3O2/c1-3-24-19-14(7-6-10-20-19)13-22(2)18(23)11-15-12-21-17-9-5-4-8-16(15)17/h4-10,12,21H,3,11,13H2,1-2H3. The molecule has 0 aliphatic carbocycles. The highest BCUT2D eigenvalue weighted by Gasteiger charge is 2.15. The summed E-state index contributed by atoms with van der Waals surface area (Å²) in [6.45, 7) is 2.95. The minimum absolute atomic E-state index is 0.0612. The minimum atomic E-state index is 0.0612. The Balaban J connectivity index is 1.71. The third kappa shape index (κ3) is 3.40. The Labute approximate surface area is 141 Å². The van der Waals surface area contributed by atoms with Gasteiger partial charge < -0.3 is 14.6 Å². The van der Waals surface area contributed by atoms with E-state index in [0.717, 1.165) is 22.0 Å². The predicted octanol–water partition coefficient (Wildman–Crippen LogP) is 3.16. The van der Waals surface area contributed by atoms with Crippen LogP contribution in [0, 0.1) is 0 Å². The monoisotopic (exact) mass is 323 g/mol. The Morgan fingerprint density at radius 1 is 1.21 bits per heavy atom. The zero-order valence-corrected chi connectivity index (χ0v) is 14.0. The van der Waals surface area contributed by atoms with Crippen molar-refractivity contribution in [2.75, 3.05) is 13.7 Å². The van der Waals surface area contributed by atoms with Gasteiger partial charge in [0.05, 0.1) is 19.6 Å². The van der Waals surface area contributed by atoms with E-state index in [1.165, 1.54) is 0 Å². The number of likely N-dealkylation sites (N-methyl/N-ethyl adjacent to an activating group) is 1. The molecule has 0 saturated carbocycles. The van der Waals surface area contributed by atoms with Gasteiger partial charge in [0.2, 0.25) is 11.8 Å². The third-order valence-corrected chi connectivity index (χ3v) is 3.98. The number of para-hydroxylation sites is 1. The molecule has 3 aromatic rings. The van der Waals surface area contributed by atoms with Crippen LogP contribution in [-0.2, 0) is 17.8 Å². The number of H-pyrrole nitrogens is 1. The lowest BCUT2D eigenvalue weighted by Gasteiger charge is -2.18. The topological polar surface area (TPSA) is 58.2 Å². The number of hydrogen-bond acceptors (Lipinski definition) is 3. The first kappa shape index (κ1) is 16.1. The second-order valence-corrected chi connectivity index (χ2v) is 5.69. The number of ether oxygens (including phenoxy) is 1. The number of pyridine rings is 1. The molecule has 1 aromatic carbocycles. The smallest absolute Gasteiger partial charge is 0.227 e. The first-order valence-corrected chi connectivity index (χ1v) is 8.04. The third-order valence-electron chi connectivity index (χ3n) is 3.98. The number of amides is 1. The fourth-order valence-corrected chi connectivity index (χ4v) is 2.73. The van der Waals surface area contributed by atoms with Gasteiger partial charge in [-0.25, -0.2) is 4.98 Å². The highest BCUT2D eigenvalue weighted by atomic mass is 16.5. The highest BCUT2D eigenvalue weighted by Crippen LogP contribution is 2.20. The molecule has 5 heteroatoms. The molecular formula is C19H21N3O2. The molecule has 0 fully saturated rings. The van der Waals surface area contributed by atoms with Crippen LogP contribution in [0.4, 0.5) is 0 Å². The SMILES string of the molecule is CCOc1ncccc1CN(C)C(=O)Cc1c[nH]c2ccccc12. The summed E-state index contributed by atoms with van der Waals surface area (Å²) >= 11 is 0. The zero-order chi connectivity index (χ0) is 16.9. The van der Waals surface area contributed by atoms with Crippen molar-refractivity contribution >= 4 is 16.8 Å². The molecule has 0 bridgehead atoms. The zero-order valence-electron chi connectivity index (χ0n) is 14.0. The summed E-state index contributed by atoms with van der Waals surface area (Å²) in [6, 6.07) is 11.8. The normalized spacial score (nSPS) is 10.8. The maximum atomic E-state index is 12.6. The maximum Gasteiger partial charge on any atom is 0.227 e. The number of nitrogens with one attached hydrogen (secondary N) is 1. The molecule has 24 heavy (non-hydrogen) atoms. The van der Waals surface area contributed by atoms with Crippen molar-refractivity contribution in [3.05, 3.63) is 59.9 Å². The second kappa shape index (κ2) is 7.17. The summed E-state index contributed by atoms with van der Waals surface area (Å²) in [7, 11) is 1.81. The van der Waals surface area contributed by atoms with Gasteiger partial charge in [-0.1, -0.05) is 24.3 Å². The Morgan fingerprint density at radius 2 is 2.04 bits per heavy atom. The van der Waals surface area contributed by atoms with Crippen LogP contribution in [0.15, 0.2) is 48.8 Å². The van der Waals surface area contributed by atoms with Gasteiger partial charge in [-0.2, -0.15) is 0 Å². The highest BCUT2D eigenvalue weighted by molar-refractivity contribution is 5.88. The number of rotatable bonds is 6. The molecule has 0 spiro atoms. The molecule has 3 rings (SSSR count). The predicted molar refractivity (Wildman–Crippen MR) is 93.9 cm³/mol. The van der Waals surface area contributed by atoms with Crippen LogP contribution >= 0.6 is 0 Å². The molecule has 2 aromatic heterocycles. The minimum Gasteiger partial charge on any atom is -0.478 e. The summed E-state index contributed by atoms with van der Waals surface area (Å²) in [5.41, 5.74) is 2.97. The Bertz CT molecular complexity index is 841. The molecule has 5 nitrogen and oxygen atoms in total. The van der Waals surface area contributed by atoms with Crippen LogP contribution < -0.4 is 4.74 Å². The van der Waals surface area contributed by atoms with Crippen molar-refractivity contribution in [1.82, 2.24) is 14.9 Å². The van der Waals surface area contributed by atoms with Gasteiger partial charge in [-0.3, -0.25) is 4.79 Å². The summed E-state index contributed by atoms with van der Waals surface area (Å²) in [5, 5.41) is 1.09. The average Bonchev–Trinajstić information content (AvgIpc) is 3.00. The van der Waals surface area contributed by atoms with Crippen LogP contribution in [0.1, 0.15) is 18.1 Å². The number of aromatic amines is 1. The average molecular weight is 323 g/mol. The molecule has 0 atom stereocenters. The van der Waals surface area contributed by atoms with Gasteiger partial charge >= 0.3 is 0 Å². The fourth-order valence-electron chi connectivity index (χ4n) is 2.73. The van der Waals surface area contributed by atoms with E-state index in [1.807, 2.05) is 49.5 Å². The van der Waals surface area contributed by atoms with E-state index in [2.05, 4.69) is 9.97 Å². The van der Waals surface area contributed by atoms with Gasteiger partial charge in [0.1, 0.15) is 0 Å². The Hall–Kier alpha value is -2.82. The van der Waals surface area contributed by atoms with E-state index in [0.29, 0.717) is 25.5 Å².